The average Bonchev–Trinajstić information content (AvgIpc) is 2.39. The van der Waals surface area contributed by atoms with Crippen LogP contribution in [0.4, 0.5) is 0 Å². The second-order valence-corrected chi connectivity index (χ2v) is 4.21. The third kappa shape index (κ3) is 1.82. The van der Waals surface area contributed by atoms with E-state index >= 15 is 0 Å². The van der Waals surface area contributed by atoms with E-state index in [0.29, 0.717) is 0 Å². The number of nitrogens with one attached hydrogen (secondary N) is 1. The van der Waals surface area contributed by atoms with Gasteiger partial charge in [0.2, 0.25) is 0 Å². The number of hydrogen-bond donors (Lipinski definition) is 1. The molecule has 1 N–H and O–H groups in total. The van der Waals surface area contributed by atoms with E-state index in [4.69, 9.17) is 0 Å². The first-order chi connectivity index (χ1) is 8.34. The fourth-order valence-corrected chi connectivity index (χ4v) is 2.17. The summed E-state index contributed by atoms with van der Waals surface area (Å²) in [5.41, 5.74) is 2.38. The Morgan fingerprint density at radius 2 is 1.65 bits per heavy atom. The van der Waals surface area contributed by atoms with Crippen LogP contribution >= 0.6 is 0 Å². The SMILES string of the molecule is CC1N=c2ccccc2=C(c2ccccc2)N1. The van der Waals surface area contributed by atoms with Gasteiger partial charge in [-0.15, -0.1) is 0 Å². The summed E-state index contributed by atoms with van der Waals surface area (Å²) in [6.45, 7) is 2.07. The minimum absolute atomic E-state index is 0.125. The zero-order chi connectivity index (χ0) is 11.7. The Morgan fingerprint density at radius 1 is 0.941 bits per heavy atom. The molecule has 2 nitrogen and oxygen atoms in total. The van der Waals surface area contributed by atoms with Crippen LogP contribution in [0, 0.1) is 0 Å². The molecule has 17 heavy (non-hydrogen) atoms. The number of benzene rings is 2. The highest BCUT2D eigenvalue weighted by molar-refractivity contribution is 5.64. The van der Waals surface area contributed by atoms with E-state index in [2.05, 4.69) is 59.7 Å². The molecule has 0 bridgehead atoms. The third-order valence-electron chi connectivity index (χ3n) is 2.92. The first-order valence-electron chi connectivity index (χ1n) is 5.84. The zero-order valence-electron chi connectivity index (χ0n) is 9.72. The lowest BCUT2D eigenvalue weighted by Crippen LogP contribution is -2.42. The van der Waals surface area contributed by atoms with E-state index in [-0.39, 0.29) is 6.17 Å². The summed E-state index contributed by atoms with van der Waals surface area (Å²) in [5.74, 6) is 0. The second kappa shape index (κ2) is 4.06. The summed E-state index contributed by atoms with van der Waals surface area (Å²) >= 11 is 0. The Hall–Kier alpha value is -2.09. The van der Waals surface area contributed by atoms with Crippen LogP contribution in [-0.4, -0.2) is 6.17 Å². The van der Waals surface area contributed by atoms with Crippen LogP contribution in [0.3, 0.4) is 0 Å². The molecule has 1 unspecified atom stereocenters. The van der Waals surface area contributed by atoms with Gasteiger partial charge in [-0.25, -0.2) is 0 Å². The molecule has 0 aromatic heterocycles. The Balaban J connectivity index is 2.33. The van der Waals surface area contributed by atoms with Crippen LogP contribution in [0.2, 0.25) is 0 Å². The summed E-state index contributed by atoms with van der Waals surface area (Å²) in [5, 5.41) is 5.68. The molecule has 0 amide bonds. The standard InChI is InChI=1S/C15H14N2/c1-11-16-14-10-6-5-9-13(14)15(17-11)12-7-3-2-4-8-12/h2-11,17H,1H3. The van der Waals surface area contributed by atoms with Gasteiger partial charge < -0.3 is 5.32 Å². The van der Waals surface area contributed by atoms with E-state index in [0.717, 1.165) is 5.36 Å². The van der Waals surface area contributed by atoms with Gasteiger partial charge in [-0.05, 0) is 18.6 Å². The average molecular weight is 222 g/mol. The highest BCUT2D eigenvalue weighted by Crippen LogP contribution is 2.09. The van der Waals surface area contributed by atoms with Crippen molar-refractivity contribution in [1.82, 2.24) is 5.32 Å². The van der Waals surface area contributed by atoms with Gasteiger partial charge in [0.25, 0.3) is 0 Å². The van der Waals surface area contributed by atoms with Crippen molar-refractivity contribution >= 4 is 5.70 Å². The summed E-state index contributed by atoms with van der Waals surface area (Å²) < 4.78 is 0. The summed E-state index contributed by atoms with van der Waals surface area (Å²) in [4.78, 5) is 4.59. The van der Waals surface area contributed by atoms with Crippen molar-refractivity contribution < 1.29 is 0 Å². The molecule has 0 radical (unpaired) electrons. The minimum Gasteiger partial charge on any atom is -0.363 e. The summed E-state index contributed by atoms with van der Waals surface area (Å²) in [7, 11) is 0. The number of para-hydroxylation sites is 1. The summed E-state index contributed by atoms with van der Waals surface area (Å²) in [6.07, 6.45) is 0.125. The molecule has 1 atom stereocenters. The molecule has 0 saturated carbocycles. The fraction of sp³-hybridized carbons (Fsp3) is 0.133. The van der Waals surface area contributed by atoms with Gasteiger partial charge in [0.1, 0.15) is 6.17 Å². The highest BCUT2D eigenvalue weighted by atomic mass is 15.1. The molecule has 2 aromatic carbocycles. The van der Waals surface area contributed by atoms with Crippen molar-refractivity contribution in [2.24, 2.45) is 4.99 Å². The molecule has 84 valence electrons. The first-order valence-corrected chi connectivity index (χ1v) is 5.84. The molecule has 3 rings (SSSR count). The zero-order valence-corrected chi connectivity index (χ0v) is 9.72. The van der Waals surface area contributed by atoms with Crippen molar-refractivity contribution in [1.29, 1.82) is 0 Å². The Labute approximate surface area is 100 Å². The molecule has 1 aliphatic rings. The number of fused-ring (bicyclic) bond motifs is 1. The van der Waals surface area contributed by atoms with E-state index in [1.165, 1.54) is 16.5 Å². The lowest BCUT2D eigenvalue weighted by molar-refractivity contribution is 0.650. The summed E-state index contributed by atoms with van der Waals surface area (Å²) in [6, 6.07) is 18.7. The van der Waals surface area contributed by atoms with Crippen molar-refractivity contribution in [3.63, 3.8) is 0 Å². The largest absolute Gasteiger partial charge is 0.363 e. The Bertz CT molecular complexity index is 644. The predicted octanol–water partition coefficient (Wildman–Crippen LogP) is 1.41. The first kappa shape index (κ1) is 10.1. The van der Waals surface area contributed by atoms with Crippen LogP contribution in [0.15, 0.2) is 59.6 Å². The molecule has 1 heterocycles. The lowest BCUT2D eigenvalue weighted by atomic mass is 10.1. The maximum absolute atomic E-state index is 4.59. The van der Waals surface area contributed by atoms with E-state index in [1.807, 2.05) is 12.1 Å². The lowest BCUT2D eigenvalue weighted by Gasteiger charge is -2.19. The van der Waals surface area contributed by atoms with E-state index in [1.54, 1.807) is 0 Å². The van der Waals surface area contributed by atoms with E-state index in [9.17, 15) is 0 Å². The second-order valence-electron chi connectivity index (χ2n) is 4.21. The van der Waals surface area contributed by atoms with Crippen molar-refractivity contribution in [3.05, 3.63) is 70.7 Å². The molecule has 2 aromatic rings. The Morgan fingerprint density at radius 3 is 2.47 bits per heavy atom. The van der Waals surface area contributed by atoms with Gasteiger partial charge in [-0.1, -0.05) is 48.5 Å². The number of rotatable bonds is 1. The molecule has 0 fully saturated rings. The van der Waals surface area contributed by atoms with Crippen molar-refractivity contribution in [2.45, 2.75) is 13.1 Å². The highest BCUT2D eigenvalue weighted by Gasteiger charge is 2.10. The number of nitrogens with zero attached hydrogens (tertiary/aromatic N) is 1. The molecule has 0 spiro atoms. The quantitative estimate of drug-likeness (QED) is 0.775. The minimum atomic E-state index is 0.125. The predicted molar refractivity (Wildman–Crippen MR) is 68.8 cm³/mol. The van der Waals surface area contributed by atoms with Gasteiger partial charge in [0, 0.05) is 5.22 Å². The van der Waals surface area contributed by atoms with Gasteiger partial charge in [0.15, 0.2) is 0 Å². The van der Waals surface area contributed by atoms with Gasteiger partial charge in [-0.2, -0.15) is 0 Å². The molecule has 0 aliphatic carbocycles. The topological polar surface area (TPSA) is 24.4 Å². The molecular weight excluding hydrogens is 208 g/mol. The molecular formula is C15H14N2. The number of hydrogen-bond acceptors (Lipinski definition) is 2. The van der Waals surface area contributed by atoms with Crippen molar-refractivity contribution in [2.75, 3.05) is 0 Å². The normalized spacial score (nSPS) is 17.9. The fourth-order valence-electron chi connectivity index (χ4n) is 2.17. The maximum Gasteiger partial charge on any atom is 0.116 e. The van der Waals surface area contributed by atoms with Crippen molar-refractivity contribution in [3.8, 4) is 0 Å². The van der Waals surface area contributed by atoms with E-state index < -0.39 is 0 Å². The van der Waals surface area contributed by atoms with Crippen LogP contribution in [0.5, 0.6) is 0 Å². The van der Waals surface area contributed by atoms with Crippen LogP contribution in [-0.2, 0) is 0 Å². The van der Waals surface area contributed by atoms with Crippen LogP contribution in [0.25, 0.3) is 5.70 Å². The van der Waals surface area contributed by atoms with Gasteiger partial charge >= 0.3 is 0 Å². The van der Waals surface area contributed by atoms with Gasteiger partial charge in [-0.3, -0.25) is 4.99 Å². The van der Waals surface area contributed by atoms with Gasteiger partial charge in [0.05, 0.1) is 11.1 Å². The Kier molecular flexibility index (Phi) is 2.41. The monoisotopic (exact) mass is 222 g/mol. The maximum atomic E-state index is 4.59. The third-order valence-corrected chi connectivity index (χ3v) is 2.92. The van der Waals surface area contributed by atoms with Crippen LogP contribution in [0.1, 0.15) is 12.5 Å². The van der Waals surface area contributed by atoms with Crippen LogP contribution < -0.4 is 15.9 Å². The molecule has 0 saturated heterocycles. The molecule has 2 heteroatoms. The smallest absolute Gasteiger partial charge is 0.116 e. The molecule has 1 aliphatic heterocycles.